The number of amides is 2. The SMILES string of the molecule is CCOC(=O)c1cc(C(=O)NC(C)C(=O)NCc2ccco2)cc([N+](=O)[O-])c1. The molecular formula is C18H19N3O7. The fourth-order valence-electron chi connectivity index (χ4n) is 2.27. The summed E-state index contributed by atoms with van der Waals surface area (Å²) in [4.78, 5) is 46.7. The number of furan rings is 1. The van der Waals surface area contributed by atoms with E-state index in [-0.39, 0.29) is 24.3 Å². The van der Waals surface area contributed by atoms with Gasteiger partial charge >= 0.3 is 5.97 Å². The van der Waals surface area contributed by atoms with Crippen LogP contribution in [-0.4, -0.2) is 35.4 Å². The molecular weight excluding hydrogens is 370 g/mol. The number of nitrogens with zero attached hydrogens (tertiary/aromatic N) is 1. The van der Waals surface area contributed by atoms with E-state index in [2.05, 4.69) is 10.6 Å². The fourth-order valence-corrected chi connectivity index (χ4v) is 2.27. The number of benzene rings is 1. The van der Waals surface area contributed by atoms with E-state index in [0.717, 1.165) is 12.1 Å². The number of ether oxygens (including phenoxy) is 1. The third kappa shape index (κ3) is 5.40. The van der Waals surface area contributed by atoms with Crippen molar-refractivity contribution >= 4 is 23.5 Å². The van der Waals surface area contributed by atoms with Crippen molar-refractivity contribution < 1.29 is 28.5 Å². The first-order valence-electron chi connectivity index (χ1n) is 8.39. The van der Waals surface area contributed by atoms with Crippen LogP contribution in [0.4, 0.5) is 5.69 Å². The number of rotatable bonds is 8. The van der Waals surface area contributed by atoms with Crippen LogP contribution in [0.2, 0.25) is 0 Å². The monoisotopic (exact) mass is 389 g/mol. The van der Waals surface area contributed by atoms with E-state index in [1.807, 2.05) is 0 Å². The van der Waals surface area contributed by atoms with Crippen LogP contribution in [0.25, 0.3) is 0 Å². The molecule has 1 aromatic carbocycles. The van der Waals surface area contributed by atoms with Gasteiger partial charge < -0.3 is 19.8 Å². The summed E-state index contributed by atoms with van der Waals surface area (Å²) in [6, 6.07) is 5.65. The van der Waals surface area contributed by atoms with Crippen LogP contribution < -0.4 is 10.6 Å². The average molecular weight is 389 g/mol. The van der Waals surface area contributed by atoms with Gasteiger partial charge in [0.25, 0.3) is 11.6 Å². The first kappa shape index (κ1) is 20.6. The minimum Gasteiger partial charge on any atom is -0.467 e. The summed E-state index contributed by atoms with van der Waals surface area (Å²) in [5, 5.41) is 16.1. The highest BCUT2D eigenvalue weighted by atomic mass is 16.6. The van der Waals surface area contributed by atoms with Gasteiger partial charge in [0.1, 0.15) is 11.8 Å². The molecule has 0 aliphatic rings. The van der Waals surface area contributed by atoms with Gasteiger partial charge in [-0.1, -0.05) is 0 Å². The summed E-state index contributed by atoms with van der Waals surface area (Å²) in [5.74, 6) is -1.45. The molecule has 148 valence electrons. The quantitative estimate of drug-likeness (QED) is 0.398. The highest BCUT2D eigenvalue weighted by molar-refractivity contribution is 6.00. The van der Waals surface area contributed by atoms with Crippen LogP contribution in [0, 0.1) is 10.1 Å². The molecule has 0 fully saturated rings. The third-order valence-corrected chi connectivity index (χ3v) is 3.66. The molecule has 28 heavy (non-hydrogen) atoms. The Balaban J connectivity index is 2.10. The Morgan fingerprint density at radius 2 is 1.96 bits per heavy atom. The minimum atomic E-state index is -0.923. The lowest BCUT2D eigenvalue weighted by Crippen LogP contribution is -2.44. The van der Waals surface area contributed by atoms with Gasteiger partial charge in [-0.05, 0) is 32.0 Å². The summed E-state index contributed by atoms with van der Waals surface area (Å²) in [7, 11) is 0. The molecule has 0 spiro atoms. The zero-order valence-electron chi connectivity index (χ0n) is 15.3. The molecule has 0 bridgehead atoms. The van der Waals surface area contributed by atoms with Gasteiger partial charge in [-0.3, -0.25) is 19.7 Å². The first-order chi connectivity index (χ1) is 13.3. The summed E-state index contributed by atoms with van der Waals surface area (Å²) in [6.07, 6.45) is 1.47. The van der Waals surface area contributed by atoms with E-state index in [4.69, 9.17) is 9.15 Å². The summed E-state index contributed by atoms with van der Waals surface area (Å²) in [6.45, 7) is 3.27. The summed E-state index contributed by atoms with van der Waals surface area (Å²) < 4.78 is 9.91. The Morgan fingerprint density at radius 1 is 1.25 bits per heavy atom. The number of carbonyl (C=O) groups is 3. The normalized spacial score (nSPS) is 11.4. The number of nitrogens with one attached hydrogen (secondary N) is 2. The van der Waals surface area contributed by atoms with Gasteiger partial charge in [0.05, 0.1) is 29.9 Å². The molecule has 0 saturated carbocycles. The lowest BCUT2D eigenvalue weighted by Gasteiger charge is -2.14. The number of hydrogen-bond donors (Lipinski definition) is 2. The van der Waals surface area contributed by atoms with Crippen molar-refractivity contribution in [3.05, 3.63) is 63.6 Å². The Morgan fingerprint density at radius 3 is 2.57 bits per heavy atom. The Labute approximate surface area is 160 Å². The number of non-ortho nitro benzene ring substituents is 1. The zero-order valence-corrected chi connectivity index (χ0v) is 15.3. The fraction of sp³-hybridized carbons (Fsp3) is 0.278. The second kappa shape index (κ2) is 9.31. The van der Waals surface area contributed by atoms with E-state index >= 15 is 0 Å². The van der Waals surface area contributed by atoms with Gasteiger partial charge in [0.2, 0.25) is 5.91 Å². The molecule has 1 aromatic heterocycles. The van der Waals surface area contributed by atoms with E-state index in [1.54, 1.807) is 19.1 Å². The van der Waals surface area contributed by atoms with E-state index in [0.29, 0.717) is 5.76 Å². The van der Waals surface area contributed by atoms with Crippen LogP contribution >= 0.6 is 0 Å². The Hall–Kier alpha value is -3.69. The largest absolute Gasteiger partial charge is 0.467 e. The van der Waals surface area contributed by atoms with Gasteiger partial charge in [-0.15, -0.1) is 0 Å². The second-order valence-corrected chi connectivity index (χ2v) is 5.74. The van der Waals surface area contributed by atoms with Crippen molar-refractivity contribution in [3.63, 3.8) is 0 Å². The molecule has 1 heterocycles. The van der Waals surface area contributed by atoms with E-state index in [1.165, 1.54) is 19.3 Å². The van der Waals surface area contributed by atoms with Crippen LogP contribution in [0.3, 0.4) is 0 Å². The second-order valence-electron chi connectivity index (χ2n) is 5.74. The van der Waals surface area contributed by atoms with Crippen LogP contribution in [0.15, 0.2) is 41.0 Å². The van der Waals surface area contributed by atoms with Crippen molar-refractivity contribution in [2.75, 3.05) is 6.61 Å². The number of nitro benzene ring substituents is 1. The smallest absolute Gasteiger partial charge is 0.338 e. The lowest BCUT2D eigenvalue weighted by molar-refractivity contribution is -0.384. The molecule has 0 radical (unpaired) electrons. The molecule has 0 aliphatic carbocycles. The number of carbonyl (C=O) groups excluding carboxylic acids is 3. The average Bonchev–Trinajstić information content (AvgIpc) is 3.19. The van der Waals surface area contributed by atoms with Crippen LogP contribution in [0.1, 0.15) is 40.3 Å². The highest BCUT2D eigenvalue weighted by Crippen LogP contribution is 2.18. The Bertz CT molecular complexity index is 877. The van der Waals surface area contributed by atoms with E-state index in [9.17, 15) is 24.5 Å². The summed E-state index contributed by atoms with van der Waals surface area (Å²) in [5.41, 5.74) is -0.704. The van der Waals surface area contributed by atoms with Gasteiger partial charge in [-0.25, -0.2) is 4.79 Å². The van der Waals surface area contributed by atoms with Crippen molar-refractivity contribution in [1.82, 2.24) is 10.6 Å². The van der Waals surface area contributed by atoms with E-state index < -0.39 is 34.4 Å². The molecule has 10 heteroatoms. The molecule has 2 amide bonds. The maximum atomic E-state index is 12.4. The number of esters is 1. The number of nitro groups is 1. The highest BCUT2D eigenvalue weighted by Gasteiger charge is 2.21. The van der Waals surface area contributed by atoms with Crippen LogP contribution in [0.5, 0.6) is 0 Å². The molecule has 1 atom stereocenters. The zero-order chi connectivity index (χ0) is 20.7. The summed E-state index contributed by atoms with van der Waals surface area (Å²) >= 11 is 0. The number of hydrogen-bond acceptors (Lipinski definition) is 7. The van der Waals surface area contributed by atoms with Gasteiger partial charge in [0.15, 0.2) is 0 Å². The maximum absolute atomic E-state index is 12.4. The predicted octanol–water partition coefficient (Wildman–Crippen LogP) is 1.80. The molecule has 2 aromatic rings. The predicted molar refractivity (Wildman–Crippen MR) is 96.5 cm³/mol. The molecule has 2 rings (SSSR count). The van der Waals surface area contributed by atoms with Crippen molar-refractivity contribution in [2.45, 2.75) is 26.4 Å². The van der Waals surface area contributed by atoms with Crippen molar-refractivity contribution in [3.8, 4) is 0 Å². The Kier molecular flexibility index (Phi) is 6.85. The maximum Gasteiger partial charge on any atom is 0.338 e. The molecule has 2 N–H and O–H groups in total. The topological polar surface area (TPSA) is 141 Å². The molecule has 1 unspecified atom stereocenters. The molecule has 0 aliphatic heterocycles. The van der Waals surface area contributed by atoms with Gasteiger partial charge in [-0.2, -0.15) is 0 Å². The minimum absolute atomic E-state index is 0.0793. The third-order valence-electron chi connectivity index (χ3n) is 3.66. The molecule has 10 nitrogen and oxygen atoms in total. The van der Waals surface area contributed by atoms with Gasteiger partial charge in [0, 0.05) is 17.7 Å². The van der Waals surface area contributed by atoms with Crippen molar-refractivity contribution in [2.24, 2.45) is 0 Å². The first-order valence-corrected chi connectivity index (χ1v) is 8.39. The lowest BCUT2D eigenvalue weighted by atomic mass is 10.1. The standard InChI is InChI=1S/C18H19N3O7/c1-3-27-18(24)13-7-12(8-14(9-13)21(25)26)17(23)20-11(2)16(22)19-10-15-5-4-6-28-15/h4-9,11H,3,10H2,1-2H3,(H,19,22)(H,20,23). The van der Waals surface area contributed by atoms with Crippen molar-refractivity contribution in [1.29, 1.82) is 0 Å². The molecule has 0 saturated heterocycles. The van der Waals surface area contributed by atoms with Crippen LogP contribution in [-0.2, 0) is 16.1 Å².